The van der Waals surface area contributed by atoms with E-state index in [0.29, 0.717) is 0 Å². The maximum Gasteiger partial charge on any atom is 0.485 e. The van der Waals surface area contributed by atoms with Crippen LogP contribution in [0.5, 0.6) is 0 Å². The van der Waals surface area contributed by atoms with Crippen molar-refractivity contribution in [2.24, 2.45) is 13.0 Å². The molecule has 0 aliphatic carbocycles. The van der Waals surface area contributed by atoms with Crippen molar-refractivity contribution in [2.45, 2.75) is 80.9 Å². The van der Waals surface area contributed by atoms with Crippen LogP contribution in [0.3, 0.4) is 0 Å². The predicted octanol–water partition coefficient (Wildman–Crippen LogP) is -3.67. The topological polar surface area (TPSA) is 522 Å². The highest BCUT2D eigenvalue weighted by atomic mass is 31.3. The highest BCUT2D eigenvalue weighted by molar-refractivity contribution is 7.84. The molecule has 3 saturated heterocycles. The molecule has 0 amide bonds. The number of hydrogen-bond donors (Lipinski definition) is 11. The lowest BCUT2D eigenvalue weighted by molar-refractivity contribution is -0.646. The Morgan fingerprint density at radius 2 is 1.29 bits per heavy atom. The molecule has 16 atom stereocenters. The summed E-state index contributed by atoms with van der Waals surface area (Å²) in [7, 11) is -20.5. The summed E-state index contributed by atoms with van der Waals surface area (Å²) in [4.78, 5) is 86.4. The molecule has 0 radical (unpaired) electrons. The summed E-state index contributed by atoms with van der Waals surface area (Å²) in [5, 5.41) is 33.1. The molecular weight excluding hydrogens is 1110 g/mol. The van der Waals surface area contributed by atoms with Gasteiger partial charge in [-0.15, -0.1) is 0 Å². The quantitative estimate of drug-likeness (QED) is 0.0199. The lowest BCUT2D eigenvalue weighted by Crippen LogP contribution is -2.38. The first-order chi connectivity index (χ1) is 35.7. The van der Waals surface area contributed by atoms with Crippen LogP contribution in [0.2, 0.25) is 0 Å². The van der Waals surface area contributed by atoms with E-state index in [2.05, 4.69) is 44.2 Å². The first kappa shape index (κ1) is 55.7. The van der Waals surface area contributed by atoms with Crippen LogP contribution in [0.15, 0.2) is 34.9 Å². The number of H-pyrrole nitrogens is 2. The molecule has 3 fully saturated rings. The monoisotopic (exact) mass is 1160 g/mol. The molecule has 9 rings (SSSR count). The molecule has 0 bridgehead atoms. The average molecular weight is 1160 g/mol. The Bertz CT molecular complexity index is 3490. The molecule has 0 spiro atoms. The van der Waals surface area contributed by atoms with Crippen molar-refractivity contribution in [2.75, 3.05) is 44.1 Å². The van der Waals surface area contributed by atoms with Gasteiger partial charge in [-0.05, 0) is 6.42 Å². The van der Waals surface area contributed by atoms with E-state index in [1.807, 2.05) is 0 Å². The molecule has 37 nitrogen and oxygen atoms in total. The second-order valence-electron chi connectivity index (χ2n) is 16.8. The maximum absolute atomic E-state index is 13.7. The van der Waals surface area contributed by atoms with E-state index >= 15 is 0 Å². The summed E-state index contributed by atoms with van der Waals surface area (Å²) < 4.78 is 113. The number of aliphatic hydroxyl groups is 3. The SMILES string of the molecule is [BH3-]P(=O)(OC[C@H]1O[C@@H](n2c[n+](C)c3c(=O)[nH]c(N)nc32)[C@H](O)[C@@H]1CC)OP(=O)(O)OP(=O)(O)OC[C@H]1O[C@@H](n2cnc3c(N)ncnc32)[C@H](OC)[C@@H]1OP(=O)(O)OC[C@H]1O[C@@H](n2cnc3c(=O)[nH]c(N)nc32)[C@H](O)[C@@H]1O. The third-order valence-corrected chi connectivity index (χ3v) is 16.9. The zero-order valence-corrected chi connectivity index (χ0v) is 42.4. The maximum atomic E-state index is 13.7. The number of fused-ring (bicyclic) bond motifs is 3. The van der Waals surface area contributed by atoms with Crippen molar-refractivity contribution in [3.63, 3.8) is 0 Å². The highest BCUT2D eigenvalue weighted by Gasteiger charge is 2.53. The van der Waals surface area contributed by atoms with Crippen molar-refractivity contribution >= 4 is 89.7 Å². The van der Waals surface area contributed by atoms with E-state index in [9.17, 15) is 57.8 Å². The highest BCUT2D eigenvalue weighted by Crippen LogP contribution is 2.68. The number of nitrogens with zero attached hydrogens (tertiary/aromatic N) is 10. The Hall–Kier alpha value is -5.01. The molecule has 42 heteroatoms. The number of hydrogen-bond acceptors (Lipinski definition) is 28. The van der Waals surface area contributed by atoms with Gasteiger partial charge < -0.3 is 75.2 Å². The van der Waals surface area contributed by atoms with Crippen molar-refractivity contribution in [3.05, 3.63) is 46.0 Å². The van der Waals surface area contributed by atoms with Gasteiger partial charge in [0.2, 0.25) is 24.5 Å². The van der Waals surface area contributed by atoms with Crippen molar-refractivity contribution in [3.8, 4) is 0 Å². The minimum Gasteiger partial charge on any atom is -0.387 e. The number of nitrogens with one attached hydrogen (secondary N) is 2. The van der Waals surface area contributed by atoms with Crippen molar-refractivity contribution in [1.82, 2.24) is 53.6 Å². The van der Waals surface area contributed by atoms with Gasteiger partial charge in [0, 0.05) is 13.0 Å². The largest absolute Gasteiger partial charge is 0.485 e. The second-order valence-corrected chi connectivity index (χ2v) is 22.4. The van der Waals surface area contributed by atoms with Gasteiger partial charge in [-0.1, -0.05) is 6.92 Å². The van der Waals surface area contributed by atoms with E-state index < -0.39 is 143 Å². The fourth-order valence-corrected chi connectivity index (χ4v) is 12.8. The summed E-state index contributed by atoms with van der Waals surface area (Å²) in [5.41, 5.74) is 16.1. The summed E-state index contributed by atoms with van der Waals surface area (Å²) in [6.45, 7) is -0.966. The number of phosphoric ester groups is 2. The van der Waals surface area contributed by atoms with Gasteiger partial charge in [0.05, 0.1) is 53.2 Å². The van der Waals surface area contributed by atoms with Gasteiger partial charge in [0.1, 0.15) is 54.6 Å². The van der Waals surface area contributed by atoms with E-state index in [1.54, 1.807) is 14.0 Å². The van der Waals surface area contributed by atoms with Crippen LogP contribution >= 0.6 is 30.9 Å². The number of aliphatic hydroxyl groups excluding tert-OH is 3. The Labute approximate surface area is 424 Å². The number of phosphoric acid groups is 3. The summed E-state index contributed by atoms with van der Waals surface area (Å²) in [6.07, 6.45) is -11.4. The molecule has 0 saturated carbocycles. The van der Waals surface area contributed by atoms with Crippen LogP contribution in [-0.2, 0) is 71.0 Å². The molecule has 3 aliphatic heterocycles. The summed E-state index contributed by atoms with van der Waals surface area (Å²) >= 11 is 0. The summed E-state index contributed by atoms with van der Waals surface area (Å²) in [5.74, 6) is -1.25. The van der Waals surface area contributed by atoms with Gasteiger partial charge in [-0.3, -0.25) is 42.3 Å². The first-order valence-corrected chi connectivity index (χ1v) is 27.4. The number of nitrogen functional groups attached to an aromatic ring is 3. The molecule has 6 aromatic heterocycles. The Kier molecular flexibility index (Phi) is 15.4. The molecule has 416 valence electrons. The standard InChI is InChI=1S/C34H50BN15O22P4/c1-4-12-13(67-30(19(12)51)50-11-47(2)18-27(50)44-34(38)46-29(18)55)5-64-73(35,56)71-76(61,62)72-75(59,60)66-7-15-22(23(63-3)32(69-15)48-9-41-16-24(36)39-8-40-25(16)48)70-74(57,58)65-6-14-20(52)21(53)31(68-14)49-10-42-17-26(49)43-33(37)45-28(17)54/h8-15,19-23,30-32,51-53H,4-7H2,1-3,35H3,(H,57,58)(H,59,60)(H,61,62)(H2,36,39,40)(H3,37,43,45,54)(H3,38,44,46,55)/t12-,13-,14-,15-,19-,20-,21-,22-,23-,30-,31-,32-,73?/m1/s1. The average Bonchev–Trinajstić information content (AvgIpc) is 4.21. The van der Waals surface area contributed by atoms with E-state index in [0.717, 1.165) is 24.3 Å². The molecule has 9 heterocycles. The van der Waals surface area contributed by atoms with Crippen molar-refractivity contribution in [1.29, 1.82) is 0 Å². The first-order valence-electron chi connectivity index (χ1n) is 21.8. The number of methoxy groups -OCH3 is 1. The molecule has 0 aromatic carbocycles. The number of aromatic nitrogens is 12. The Morgan fingerprint density at radius 3 is 1.99 bits per heavy atom. The fraction of sp³-hybridized carbons (Fsp3) is 0.559. The number of nitrogens with two attached hydrogens (primary N) is 3. The fourth-order valence-electron chi connectivity index (χ4n) is 8.80. The van der Waals surface area contributed by atoms with Crippen LogP contribution in [0, 0.1) is 5.92 Å². The van der Waals surface area contributed by atoms with Gasteiger partial charge in [-0.2, -0.15) is 18.8 Å². The number of rotatable bonds is 20. The van der Waals surface area contributed by atoms with Gasteiger partial charge >= 0.3 is 29.0 Å². The van der Waals surface area contributed by atoms with E-state index in [-0.39, 0.29) is 57.6 Å². The predicted molar refractivity (Wildman–Crippen MR) is 254 cm³/mol. The zero-order valence-electron chi connectivity index (χ0n) is 38.8. The lowest BCUT2D eigenvalue weighted by Gasteiger charge is -2.27. The van der Waals surface area contributed by atoms with E-state index in [4.69, 9.17) is 58.6 Å². The molecule has 14 N–H and O–H groups in total. The van der Waals surface area contributed by atoms with Gasteiger partial charge in [0.25, 0.3) is 16.7 Å². The Balaban J connectivity index is 0.866. The lowest BCUT2D eigenvalue weighted by atomic mass is 9.95. The minimum atomic E-state index is -5.84. The number of aromatic amines is 2. The van der Waals surface area contributed by atoms with E-state index in [1.165, 1.54) is 26.4 Å². The third kappa shape index (κ3) is 11.0. The van der Waals surface area contributed by atoms with Crippen LogP contribution in [0.25, 0.3) is 33.5 Å². The molecule has 6 aromatic rings. The minimum absolute atomic E-state index is 0.0502. The van der Waals surface area contributed by atoms with Gasteiger partial charge in [0.15, 0.2) is 42.6 Å². The second kappa shape index (κ2) is 21.0. The number of ether oxygens (including phenoxy) is 4. The smallest absolute Gasteiger partial charge is 0.387 e. The third-order valence-electron chi connectivity index (χ3n) is 12.1. The molecule has 4 unspecified atom stereocenters. The normalized spacial score (nSPS) is 30.2. The molecule has 76 heavy (non-hydrogen) atoms. The van der Waals surface area contributed by atoms with Crippen LogP contribution < -0.4 is 32.9 Å². The zero-order chi connectivity index (χ0) is 55.0. The number of anilines is 3. The van der Waals surface area contributed by atoms with Crippen LogP contribution in [0.4, 0.5) is 17.7 Å². The summed E-state index contributed by atoms with van der Waals surface area (Å²) in [6, 6.07) is 0. The van der Waals surface area contributed by atoms with Crippen molar-refractivity contribution < 1.29 is 98.5 Å². The van der Waals surface area contributed by atoms with Crippen LogP contribution in [0.1, 0.15) is 32.0 Å². The number of aryl methyl sites for hydroxylation is 1. The molecule has 3 aliphatic rings. The Morgan fingerprint density at radius 1 is 0.697 bits per heavy atom. The van der Waals surface area contributed by atoms with Crippen LogP contribution in [-0.4, -0.2) is 167 Å². The molecular formula is C34H50BN15O22P4. The number of imidazole rings is 3. The van der Waals surface area contributed by atoms with Gasteiger partial charge in [-0.25, -0.2) is 42.5 Å².